The van der Waals surface area contributed by atoms with Gasteiger partial charge in [0.05, 0.1) is 24.3 Å². The second-order valence-electron chi connectivity index (χ2n) is 5.23. The van der Waals surface area contributed by atoms with Crippen molar-refractivity contribution in [3.05, 3.63) is 35.4 Å². The maximum atomic E-state index is 13.2. The summed E-state index contributed by atoms with van der Waals surface area (Å²) in [5.41, 5.74) is -0.288. The monoisotopic (exact) mass is 302 g/mol. The summed E-state index contributed by atoms with van der Waals surface area (Å²) in [5, 5.41) is 3.16. The molecule has 0 amide bonds. The summed E-state index contributed by atoms with van der Waals surface area (Å²) in [4.78, 5) is 1.94. The predicted molar refractivity (Wildman–Crippen MR) is 75.1 cm³/mol. The third kappa shape index (κ3) is 3.75. The van der Waals surface area contributed by atoms with Gasteiger partial charge in [-0.2, -0.15) is 13.2 Å². The van der Waals surface area contributed by atoms with Gasteiger partial charge in [0.2, 0.25) is 0 Å². The van der Waals surface area contributed by atoms with Crippen molar-refractivity contribution in [1.82, 2.24) is 10.2 Å². The summed E-state index contributed by atoms with van der Waals surface area (Å²) in [6.45, 7) is 4.43. The highest BCUT2D eigenvalue weighted by Crippen LogP contribution is 2.38. The van der Waals surface area contributed by atoms with Crippen molar-refractivity contribution >= 4 is 0 Å². The molecule has 6 heteroatoms. The Morgan fingerprint density at radius 1 is 1.33 bits per heavy atom. The van der Waals surface area contributed by atoms with Crippen LogP contribution in [0.4, 0.5) is 13.2 Å². The first-order valence-electron chi connectivity index (χ1n) is 7.13. The summed E-state index contributed by atoms with van der Waals surface area (Å²) in [5.74, 6) is 0. The zero-order valence-corrected chi connectivity index (χ0v) is 12.3. The van der Waals surface area contributed by atoms with Crippen LogP contribution >= 0.6 is 0 Å². The van der Waals surface area contributed by atoms with E-state index in [4.69, 9.17) is 4.74 Å². The fourth-order valence-corrected chi connectivity index (χ4v) is 2.77. The van der Waals surface area contributed by atoms with Crippen LogP contribution in [0.15, 0.2) is 24.3 Å². The molecule has 3 nitrogen and oxygen atoms in total. The molecule has 1 aliphatic rings. The number of alkyl halides is 3. The number of likely N-dealkylation sites (N-methyl/N-ethyl adjacent to an activating group) is 2. The summed E-state index contributed by atoms with van der Waals surface area (Å²) in [6, 6.07) is 5.38. The lowest BCUT2D eigenvalue weighted by atomic mass is 9.93. The average Bonchev–Trinajstić information content (AvgIpc) is 2.44. The Morgan fingerprint density at radius 2 is 2.05 bits per heavy atom. The maximum absolute atomic E-state index is 13.2. The van der Waals surface area contributed by atoms with Crippen LogP contribution in [-0.4, -0.2) is 44.3 Å². The number of ether oxygens (including phenoxy) is 1. The molecule has 0 bridgehead atoms. The number of benzene rings is 1. The van der Waals surface area contributed by atoms with Gasteiger partial charge >= 0.3 is 6.18 Å². The van der Waals surface area contributed by atoms with Crippen molar-refractivity contribution in [3.63, 3.8) is 0 Å². The number of morpholine rings is 1. The summed E-state index contributed by atoms with van der Waals surface area (Å²) in [6.07, 6.45) is -4.63. The number of hydrogen-bond donors (Lipinski definition) is 1. The van der Waals surface area contributed by atoms with Crippen molar-refractivity contribution in [2.45, 2.75) is 25.2 Å². The minimum absolute atomic E-state index is 0.285. The van der Waals surface area contributed by atoms with Crippen molar-refractivity contribution in [1.29, 1.82) is 0 Å². The van der Waals surface area contributed by atoms with Crippen LogP contribution in [-0.2, 0) is 10.9 Å². The van der Waals surface area contributed by atoms with E-state index in [1.807, 2.05) is 18.9 Å². The van der Waals surface area contributed by atoms with Crippen LogP contribution in [0.3, 0.4) is 0 Å². The van der Waals surface area contributed by atoms with Gasteiger partial charge in [-0.25, -0.2) is 0 Å². The highest BCUT2D eigenvalue weighted by Gasteiger charge is 2.39. The third-order valence-electron chi connectivity index (χ3n) is 3.78. The summed E-state index contributed by atoms with van der Waals surface area (Å²) >= 11 is 0. The van der Waals surface area contributed by atoms with Gasteiger partial charge in [-0.05, 0) is 25.2 Å². The lowest BCUT2D eigenvalue weighted by molar-refractivity contribution is -0.140. The molecule has 1 saturated heterocycles. The summed E-state index contributed by atoms with van der Waals surface area (Å²) in [7, 11) is 1.85. The molecule has 2 unspecified atom stereocenters. The van der Waals surface area contributed by atoms with Gasteiger partial charge in [-0.15, -0.1) is 0 Å². The zero-order chi connectivity index (χ0) is 15.5. The van der Waals surface area contributed by atoms with Crippen LogP contribution in [0.25, 0.3) is 0 Å². The van der Waals surface area contributed by atoms with Crippen LogP contribution in [0.5, 0.6) is 0 Å². The van der Waals surface area contributed by atoms with Gasteiger partial charge < -0.3 is 10.1 Å². The molecule has 0 saturated carbocycles. The first-order chi connectivity index (χ1) is 9.95. The summed E-state index contributed by atoms with van der Waals surface area (Å²) < 4.78 is 45.4. The van der Waals surface area contributed by atoms with Crippen molar-refractivity contribution < 1.29 is 17.9 Å². The molecule has 2 atom stereocenters. The van der Waals surface area contributed by atoms with Crippen molar-refractivity contribution in [3.8, 4) is 0 Å². The number of hydrogen-bond acceptors (Lipinski definition) is 3. The van der Waals surface area contributed by atoms with Crippen LogP contribution in [0.1, 0.15) is 24.1 Å². The predicted octanol–water partition coefficient (Wildman–Crippen LogP) is 2.69. The van der Waals surface area contributed by atoms with E-state index in [1.54, 1.807) is 12.1 Å². The molecule has 2 rings (SSSR count). The SMILES string of the molecule is CCNCC1OCCN(C)C1c1ccccc1C(F)(F)F. The van der Waals surface area contributed by atoms with E-state index in [0.717, 1.165) is 12.6 Å². The minimum atomic E-state index is -4.35. The molecule has 1 fully saturated rings. The molecule has 1 N–H and O–H groups in total. The van der Waals surface area contributed by atoms with E-state index in [1.165, 1.54) is 6.07 Å². The van der Waals surface area contributed by atoms with Gasteiger partial charge in [0.25, 0.3) is 0 Å². The van der Waals surface area contributed by atoms with Crippen LogP contribution < -0.4 is 5.32 Å². The van der Waals surface area contributed by atoms with E-state index in [9.17, 15) is 13.2 Å². The Bertz CT molecular complexity index is 464. The lowest BCUT2D eigenvalue weighted by Crippen LogP contribution is -2.48. The molecular formula is C15H21F3N2O. The van der Waals surface area contributed by atoms with E-state index in [-0.39, 0.29) is 11.7 Å². The Morgan fingerprint density at radius 3 is 2.71 bits per heavy atom. The standard InChI is InChI=1S/C15H21F3N2O/c1-3-19-10-13-14(20(2)8-9-21-13)11-6-4-5-7-12(11)15(16,17)18/h4-7,13-14,19H,3,8-10H2,1-2H3. The number of halogens is 3. The molecule has 1 aromatic rings. The molecule has 0 spiro atoms. The first kappa shape index (κ1) is 16.3. The van der Waals surface area contributed by atoms with Crippen molar-refractivity contribution in [2.24, 2.45) is 0 Å². The Kier molecular flexibility index (Phi) is 5.24. The Balaban J connectivity index is 2.36. The molecule has 0 radical (unpaired) electrons. The van der Waals surface area contributed by atoms with Crippen LogP contribution in [0, 0.1) is 0 Å². The Hall–Kier alpha value is -1.11. The number of nitrogens with one attached hydrogen (secondary N) is 1. The quantitative estimate of drug-likeness (QED) is 0.925. The van der Waals surface area contributed by atoms with Gasteiger partial charge in [-0.3, -0.25) is 4.90 Å². The highest BCUT2D eigenvalue weighted by molar-refractivity contribution is 5.33. The number of rotatable bonds is 4. The molecule has 0 aliphatic carbocycles. The maximum Gasteiger partial charge on any atom is 0.416 e. The average molecular weight is 302 g/mol. The zero-order valence-electron chi connectivity index (χ0n) is 12.3. The Labute approximate surface area is 123 Å². The van der Waals surface area contributed by atoms with E-state index < -0.39 is 17.8 Å². The van der Waals surface area contributed by atoms with E-state index in [0.29, 0.717) is 19.7 Å². The first-order valence-corrected chi connectivity index (χ1v) is 7.13. The van der Waals surface area contributed by atoms with E-state index in [2.05, 4.69) is 5.32 Å². The second kappa shape index (κ2) is 6.77. The normalized spacial score (nSPS) is 24.2. The molecule has 1 aliphatic heterocycles. The lowest BCUT2D eigenvalue weighted by Gasteiger charge is -2.40. The largest absolute Gasteiger partial charge is 0.416 e. The highest BCUT2D eigenvalue weighted by atomic mass is 19.4. The van der Waals surface area contributed by atoms with Gasteiger partial charge in [0.15, 0.2) is 0 Å². The molecule has 21 heavy (non-hydrogen) atoms. The molecular weight excluding hydrogens is 281 g/mol. The molecule has 1 heterocycles. The smallest absolute Gasteiger partial charge is 0.374 e. The molecule has 118 valence electrons. The van der Waals surface area contributed by atoms with Crippen LogP contribution in [0.2, 0.25) is 0 Å². The second-order valence-corrected chi connectivity index (χ2v) is 5.23. The molecule has 0 aromatic heterocycles. The van der Waals surface area contributed by atoms with E-state index >= 15 is 0 Å². The van der Waals surface area contributed by atoms with Gasteiger partial charge in [0.1, 0.15) is 0 Å². The fraction of sp³-hybridized carbons (Fsp3) is 0.600. The third-order valence-corrected chi connectivity index (χ3v) is 3.78. The minimum Gasteiger partial charge on any atom is -0.374 e. The van der Waals surface area contributed by atoms with Gasteiger partial charge in [-0.1, -0.05) is 25.1 Å². The number of nitrogens with zero attached hydrogens (tertiary/aromatic N) is 1. The van der Waals surface area contributed by atoms with Crippen molar-refractivity contribution in [2.75, 3.05) is 33.3 Å². The fourth-order valence-electron chi connectivity index (χ4n) is 2.77. The topological polar surface area (TPSA) is 24.5 Å². The van der Waals surface area contributed by atoms with Gasteiger partial charge in [0, 0.05) is 13.1 Å². The molecule has 1 aromatic carbocycles.